The van der Waals surface area contributed by atoms with E-state index in [4.69, 9.17) is 0 Å². The van der Waals surface area contributed by atoms with Gasteiger partial charge in [-0.15, -0.1) is 24.0 Å². The Hall–Kier alpha value is -1.22. The Bertz CT molecular complexity index is 669. The number of H-pyrrole nitrogens is 1. The largest absolute Gasteiger partial charge is 0.355 e. The van der Waals surface area contributed by atoms with E-state index in [1.807, 2.05) is 50.3 Å². The molecule has 138 valence electrons. The Morgan fingerprint density at radius 2 is 2.00 bits per heavy atom. The standard InChI is InChI=1S/C18H27N5S.HI/c1-18(2,24-5)13-21-17(19-3)23(4)12-16-20-11-15(22-16)14-9-7-6-8-10-14;/h6-11H,12-13H2,1-5H3,(H,19,21)(H,20,22);1H. The van der Waals surface area contributed by atoms with Crippen LogP contribution in [0.25, 0.3) is 11.3 Å². The molecule has 2 rings (SSSR count). The van der Waals surface area contributed by atoms with Crippen LogP contribution in [0.15, 0.2) is 41.5 Å². The van der Waals surface area contributed by atoms with Crippen LogP contribution in [0.4, 0.5) is 0 Å². The van der Waals surface area contributed by atoms with Crippen LogP contribution in [0, 0.1) is 0 Å². The number of halogens is 1. The normalized spacial score (nSPS) is 11.8. The zero-order valence-electron chi connectivity index (χ0n) is 15.5. The summed E-state index contributed by atoms with van der Waals surface area (Å²) in [5, 5.41) is 3.43. The van der Waals surface area contributed by atoms with Crippen LogP contribution >= 0.6 is 35.7 Å². The monoisotopic (exact) mass is 473 g/mol. The zero-order chi connectivity index (χ0) is 17.6. The molecule has 0 unspecified atom stereocenters. The smallest absolute Gasteiger partial charge is 0.193 e. The van der Waals surface area contributed by atoms with Gasteiger partial charge in [0.2, 0.25) is 0 Å². The van der Waals surface area contributed by atoms with Gasteiger partial charge in [0.15, 0.2) is 5.96 Å². The van der Waals surface area contributed by atoms with Gasteiger partial charge >= 0.3 is 0 Å². The van der Waals surface area contributed by atoms with E-state index in [0.29, 0.717) is 6.54 Å². The quantitative estimate of drug-likeness (QED) is 0.380. The molecule has 25 heavy (non-hydrogen) atoms. The number of aliphatic imine (C=N–C) groups is 1. The molecule has 0 amide bonds. The van der Waals surface area contributed by atoms with E-state index < -0.39 is 0 Å². The van der Waals surface area contributed by atoms with E-state index in [1.54, 1.807) is 0 Å². The molecular weight excluding hydrogens is 445 g/mol. The summed E-state index contributed by atoms with van der Waals surface area (Å²) in [5.41, 5.74) is 2.17. The summed E-state index contributed by atoms with van der Waals surface area (Å²) in [6.45, 7) is 5.97. The van der Waals surface area contributed by atoms with E-state index in [1.165, 1.54) is 0 Å². The molecule has 0 atom stereocenters. The van der Waals surface area contributed by atoms with E-state index in [0.717, 1.165) is 29.6 Å². The lowest BCUT2D eigenvalue weighted by atomic mass is 10.2. The lowest BCUT2D eigenvalue weighted by Crippen LogP contribution is -2.43. The molecule has 0 spiro atoms. The third-order valence-electron chi connectivity index (χ3n) is 3.90. The van der Waals surface area contributed by atoms with Gasteiger partial charge < -0.3 is 15.2 Å². The Morgan fingerprint density at radius 3 is 2.60 bits per heavy atom. The van der Waals surface area contributed by atoms with Crippen molar-refractivity contribution in [1.82, 2.24) is 20.2 Å². The molecule has 2 N–H and O–H groups in total. The number of guanidine groups is 1. The van der Waals surface area contributed by atoms with Crippen LogP contribution in [0.1, 0.15) is 19.7 Å². The molecule has 0 radical (unpaired) electrons. The lowest BCUT2D eigenvalue weighted by molar-refractivity contribution is 0.460. The summed E-state index contributed by atoms with van der Waals surface area (Å²) >= 11 is 1.84. The minimum atomic E-state index is 0. The fourth-order valence-corrected chi connectivity index (χ4v) is 2.47. The van der Waals surface area contributed by atoms with Crippen molar-refractivity contribution < 1.29 is 0 Å². The second-order valence-corrected chi connectivity index (χ2v) is 7.84. The van der Waals surface area contributed by atoms with Crippen LogP contribution in [-0.4, -0.2) is 52.5 Å². The number of hydrogen-bond acceptors (Lipinski definition) is 3. The molecule has 5 nitrogen and oxygen atoms in total. The molecule has 1 heterocycles. The number of nitrogens with zero attached hydrogens (tertiary/aromatic N) is 3. The number of thioether (sulfide) groups is 1. The SMILES string of the molecule is CN=C(NCC(C)(C)SC)N(C)Cc1ncc(-c2ccccc2)[nH]1.I. The Labute approximate surface area is 172 Å². The van der Waals surface area contributed by atoms with Gasteiger partial charge in [-0.25, -0.2) is 4.98 Å². The zero-order valence-corrected chi connectivity index (χ0v) is 18.7. The highest BCUT2D eigenvalue weighted by atomic mass is 127. The molecule has 0 fully saturated rings. The van der Waals surface area contributed by atoms with Crippen molar-refractivity contribution in [3.63, 3.8) is 0 Å². The predicted octanol–water partition coefficient (Wildman–Crippen LogP) is 3.84. The first-order chi connectivity index (χ1) is 11.4. The molecule has 1 aromatic carbocycles. The van der Waals surface area contributed by atoms with Gasteiger partial charge in [0.25, 0.3) is 0 Å². The highest BCUT2D eigenvalue weighted by Crippen LogP contribution is 2.20. The third kappa shape index (κ3) is 6.54. The number of aromatic nitrogens is 2. The van der Waals surface area contributed by atoms with Crippen molar-refractivity contribution in [2.45, 2.75) is 25.1 Å². The average Bonchev–Trinajstić information content (AvgIpc) is 3.04. The maximum Gasteiger partial charge on any atom is 0.193 e. The fourth-order valence-electron chi connectivity index (χ4n) is 2.26. The number of benzene rings is 1. The summed E-state index contributed by atoms with van der Waals surface area (Å²) in [6, 6.07) is 10.2. The first kappa shape index (κ1) is 21.8. The van der Waals surface area contributed by atoms with Crippen LogP contribution in [0.5, 0.6) is 0 Å². The van der Waals surface area contributed by atoms with Crippen molar-refractivity contribution in [3.05, 3.63) is 42.4 Å². The van der Waals surface area contributed by atoms with Crippen LogP contribution in [0.3, 0.4) is 0 Å². The molecule has 7 heteroatoms. The molecular formula is C18H28IN5S. The molecule has 0 aliphatic rings. The average molecular weight is 473 g/mol. The molecule has 0 aliphatic carbocycles. The number of hydrogen-bond donors (Lipinski definition) is 2. The van der Waals surface area contributed by atoms with Crippen LogP contribution in [-0.2, 0) is 6.54 Å². The van der Waals surface area contributed by atoms with Gasteiger partial charge in [-0.2, -0.15) is 11.8 Å². The number of imidazole rings is 1. The Kier molecular flexibility index (Phi) is 8.78. The van der Waals surface area contributed by atoms with E-state index in [-0.39, 0.29) is 28.7 Å². The summed E-state index contributed by atoms with van der Waals surface area (Å²) in [6.07, 6.45) is 4.01. The summed E-state index contributed by atoms with van der Waals surface area (Å²) in [7, 11) is 3.83. The second-order valence-electron chi connectivity index (χ2n) is 6.33. The van der Waals surface area contributed by atoms with Gasteiger partial charge in [0.05, 0.1) is 18.4 Å². The molecule has 1 aromatic heterocycles. The van der Waals surface area contributed by atoms with E-state index in [2.05, 4.69) is 57.4 Å². The molecule has 0 saturated heterocycles. The first-order valence-corrected chi connectivity index (χ1v) is 9.24. The van der Waals surface area contributed by atoms with Crippen molar-refractivity contribution >= 4 is 41.7 Å². The van der Waals surface area contributed by atoms with Crippen LogP contribution < -0.4 is 5.32 Å². The van der Waals surface area contributed by atoms with Crippen molar-refractivity contribution in [2.24, 2.45) is 4.99 Å². The summed E-state index contributed by atoms with van der Waals surface area (Å²) in [5.74, 6) is 1.79. The van der Waals surface area contributed by atoms with E-state index in [9.17, 15) is 0 Å². The second kappa shape index (κ2) is 10.1. The topological polar surface area (TPSA) is 56.3 Å². The lowest BCUT2D eigenvalue weighted by Gasteiger charge is -2.27. The fraction of sp³-hybridized carbons (Fsp3) is 0.444. The van der Waals surface area contributed by atoms with Gasteiger partial charge in [0, 0.05) is 25.4 Å². The minimum Gasteiger partial charge on any atom is -0.355 e. The molecule has 0 saturated carbocycles. The predicted molar refractivity (Wildman–Crippen MR) is 120 cm³/mol. The van der Waals surface area contributed by atoms with Gasteiger partial charge in [0.1, 0.15) is 5.82 Å². The Balaban J connectivity index is 0.00000312. The van der Waals surface area contributed by atoms with Crippen molar-refractivity contribution in [1.29, 1.82) is 0 Å². The van der Waals surface area contributed by atoms with Crippen molar-refractivity contribution in [3.8, 4) is 11.3 Å². The van der Waals surface area contributed by atoms with Crippen molar-refractivity contribution in [2.75, 3.05) is 26.9 Å². The first-order valence-electron chi connectivity index (χ1n) is 8.01. The molecule has 0 bridgehead atoms. The number of rotatable bonds is 6. The third-order valence-corrected chi connectivity index (χ3v) is 5.15. The summed E-state index contributed by atoms with van der Waals surface area (Å²) < 4.78 is 0.169. The highest BCUT2D eigenvalue weighted by molar-refractivity contribution is 14.0. The highest BCUT2D eigenvalue weighted by Gasteiger charge is 2.17. The molecule has 0 aliphatic heterocycles. The maximum atomic E-state index is 4.49. The van der Waals surface area contributed by atoms with Crippen LogP contribution in [0.2, 0.25) is 0 Å². The summed E-state index contributed by atoms with van der Waals surface area (Å²) in [4.78, 5) is 14.3. The van der Waals surface area contributed by atoms with Gasteiger partial charge in [-0.3, -0.25) is 4.99 Å². The minimum absolute atomic E-state index is 0. The Morgan fingerprint density at radius 1 is 1.32 bits per heavy atom. The number of aromatic amines is 1. The van der Waals surface area contributed by atoms with E-state index >= 15 is 0 Å². The molecule has 2 aromatic rings. The van der Waals surface area contributed by atoms with Gasteiger partial charge in [-0.1, -0.05) is 30.3 Å². The number of nitrogens with one attached hydrogen (secondary N) is 2. The maximum absolute atomic E-state index is 4.49. The van der Waals surface area contributed by atoms with Gasteiger partial charge in [-0.05, 0) is 25.7 Å².